The van der Waals surface area contributed by atoms with Crippen molar-refractivity contribution >= 4 is 0 Å². The van der Waals surface area contributed by atoms with E-state index in [0.717, 1.165) is 48.9 Å². The monoisotopic (exact) mass is 330 g/mol. The van der Waals surface area contributed by atoms with Crippen molar-refractivity contribution in [3.63, 3.8) is 0 Å². The van der Waals surface area contributed by atoms with Crippen LogP contribution in [0, 0.1) is 19.8 Å². The first kappa shape index (κ1) is 16.9. The second-order valence-electron chi connectivity index (χ2n) is 6.71. The van der Waals surface area contributed by atoms with E-state index < -0.39 is 0 Å². The Balaban J connectivity index is 1.51. The van der Waals surface area contributed by atoms with Gasteiger partial charge in [0.2, 0.25) is 0 Å². The predicted octanol–water partition coefficient (Wildman–Crippen LogP) is 2.07. The van der Waals surface area contributed by atoms with Gasteiger partial charge in [0.15, 0.2) is 5.82 Å². The number of H-pyrrole nitrogens is 1. The highest BCUT2D eigenvalue weighted by molar-refractivity contribution is 5.36. The Kier molecular flexibility index (Phi) is 5.16. The van der Waals surface area contributed by atoms with Crippen molar-refractivity contribution in [2.75, 3.05) is 13.7 Å². The summed E-state index contributed by atoms with van der Waals surface area (Å²) in [6, 6.07) is 6.21. The highest BCUT2D eigenvalue weighted by atomic mass is 16.5. The summed E-state index contributed by atoms with van der Waals surface area (Å²) in [6.45, 7) is 5.54. The van der Waals surface area contributed by atoms with Crippen LogP contribution in [0.15, 0.2) is 18.2 Å². The van der Waals surface area contributed by atoms with Crippen LogP contribution in [0.3, 0.4) is 0 Å². The quantitative estimate of drug-likeness (QED) is 0.755. The van der Waals surface area contributed by atoms with E-state index in [9.17, 15) is 5.11 Å². The van der Waals surface area contributed by atoms with Crippen molar-refractivity contribution < 1.29 is 9.84 Å². The average Bonchev–Trinajstić information content (AvgIpc) is 3.14. The lowest BCUT2D eigenvalue weighted by Gasteiger charge is -2.15. The maximum atomic E-state index is 10.3. The molecule has 130 valence electrons. The minimum absolute atomic E-state index is 0.244. The Morgan fingerprint density at radius 3 is 2.83 bits per heavy atom. The van der Waals surface area contributed by atoms with Gasteiger partial charge in [-0.25, -0.2) is 4.98 Å². The Hall–Kier alpha value is -1.92. The second-order valence-corrected chi connectivity index (χ2v) is 6.71. The number of aromatic nitrogens is 3. The highest BCUT2D eigenvalue weighted by Crippen LogP contribution is 2.36. The fraction of sp³-hybridized carbons (Fsp3) is 0.556. The van der Waals surface area contributed by atoms with Gasteiger partial charge in [-0.1, -0.05) is 12.1 Å². The maximum absolute atomic E-state index is 10.3. The molecule has 1 unspecified atom stereocenters. The van der Waals surface area contributed by atoms with Gasteiger partial charge in [0, 0.05) is 19.0 Å². The number of methoxy groups -OCH3 is 1. The fourth-order valence-electron chi connectivity index (χ4n) is 3.53. The number of ether oxygens (including phenoxy) is 1. The smallest absolute Gasteiger partial charge is 0.153 e. The molecule has 0 aliphatic heterocycles. The molecule has 3 N–H and O–H groups in total. The first-order chi connectivity index (χ1) is 11.6. The third-order valence-electron chi connectivity index (χ3n) is 4.83. The van der Waals surface area contributed by atoms with Crippen molar-refractivity contribution in [3.05, 3.63) is 41.0 Å². The molecule has 0 spiro atoms. The van der Waals surface area contributed by atoms with Crippen LogP contribution in [-0.2, 0) is 6.54 Å². The van der Waals surface area contributed by atoms with Gasteiger partial charge < -0.3 is 15.2 Å². The number of aromatic amines is 1. The largest absolute Gasteiger partial charge is 0.496 e. The second kappa shape index (κ2) is 7.32. The SMILES string of the molecule is COc1ccc(CNC[C@H]2CC(c3n[nH]c(C)n3)C[C@H]2O)cc1C. The molecule has 0 bridgehead atoms. The van der Waals surface area contributed by atoms with E-state index in [2.05, 4.69) is 32.6 Å². The van der Waals surface area contributed by atoms with Gasteiger partial charge in [-0.05, 0) is 49.8 Å². The van der Waals surface area contributed by atoms with Crippen LogP contribution in [-0.4, -0.2) is 40.0 Å². The molecule has 3 atom stereocenters. The summed E-state index contributed by atoms with van der Waals surface area (Å²) >= 11 is 0. The van der Waals surface area contributed by atoms with E-state index in [0.29, 0.717) is 0 Å². The zero-order chi connectivity index (χ0) is 17.1. The predicted molar refractivity (Wildman–Crippen MR) is 92.0 cm³/mol. The maximum Gasteiger partial charge on any atom is 0.153 e. The lowest BCUT2D eigenvalue weighted by atomic mass is 10.0. The van der Waals surface area contributed by atoms with Crippen LogP contribution in [0.1, 0.15) is 41.5 Å². The minimum atomic E-state index is -0.293. The summed E-state index contributed by atoms with van der Waals surface area (Å²) in [4.78, 5) is 4.41. The number of hydrogen-bond acceptors (Lipinski definition) is 5. The van der Waals surface area contributed by atoms with Crippen molar-refractivity contribution in [2.24, 2.45) is 5.92 Å². The summed E-state index contributed by atoms with van der Waals surface area (Å²) in [7, 11) is 1.69. The summed E-state index contributed by atoms with van der Waals surface area (Å²) < 4.78 is 5.29. The molecule has 6 heteroatoms. The molecule has 1 aromatic carbocycles. The molecule has 1 aliphatic rings. The third-order valence-corrected chi connectivity index (χ3v) is 4.83. The first-order valence-corrected chi connectivity index (χ1v) is 8.48. The van der Waals surface area contributed by atoms with E-state index in [1.54, 1.807) is 7.11 Å². The lowest BCUT2D eigenvalue weighted by molar-refractivity contribution is 0.131. The van der Waals surface area contributed by atoms with Gasteiger partial charge >= 0.3 is 0 Å². The molecule has 2 aromatic rings. The highest BCUT2D eigenvalue weighted by Gasteiger charge is 2.35. The van der Waals surface area contributed by atoms with Crippen molar-refractivity contribution in [2.45, 2.75) is 45.3 Å². The molecule has 6 nitrogen and oxygen atoms in total. The van der Waals surface area contributed by atoms with Crippen molar-refractivity contribution in [1.29, 1.82) is 0 Å². The van der Waals surface area contributed by atoms with Crippen LogP contribution in [0.2, 0.25) is 0 Å². The third kappa shape index (κ3) is 3.76. The van der Waals surface area contributed by atoms with Gasteiger partial charge in [0.25, 0.3) is 0 Å². The van der Waals surface area contributed by atoms with Crippen molar-refractivity contribution in [1.82, 2.24) is 20.5 Å². The van der Waals surface area contributed by atoms with E-state index >= 15 is 0 Å². The Bertz CT molecular complexity index is 685. The van der Waals surface area contributed by atoms with Gasteiger partial charge in [0.05, 0.1) is 13.2 Å². The zero-order valence-corrected chi connectivity index (χ0v) is 14.5. The van der Waals surface area contributed by atoms with E-state index in [1.807, 2.05) is 19.9 Å². The summed E-state index contributed by atoms with van der Waals surface area (Å²) in [5.74, 6) is 3.07. The van der Waals surface area contributed by atoms with Gasteiger partial charge in [0.1, 0.15) is 11.6 Å². The van der Waals surface area contributed by atoms with Gasteiger partial charge in [-0.2, -0.15) is 5.10 Å². The fourth-order valence-corrected chi connectivity index (χ4v) is 3.53. The number of hydrogen-bond donors (Lipinski definition) is 3. The lowest BCUT2D eigenvalue weighted by Crippen LogP contribution is -2.27. The van der Waals surface area contributed by atoms with Gasteiger partial charge in [-0.15, -0.1) is 0 Å². The molecular weight excluding hydrogens is 304 g/mol. The summed E-state index contributed by atoms with van der Waals surface area (Å²) in [6.07, 6.45) is 1.37. The molecule has 1 heterocycles. The van der Waals surface area contributed by atoms with E-state index in [4.69, 9.17) is 4.74 Å². The number of benzene rings is 1. The molecule has 1 aromatic heterocycles. The number of nitrogens with one attached hydrogen (secondary N) is 2. The Labute approximate surface area is 142 Å². The number of aliphatic hydroxyl groups is 1. The molecule has 0 amide bonds. The number of aliphatic hydroxyl groups excluding tert-OH is 1. The van der Waals surface area contributed by atoms with Crippen LogP contribution < -0.4 is 10.1 Å². The Morgan fingerprint density at radius 1 is 1.33 bits per heavy atom. The van der Waals surface area contributed by atoms with E-state index in [-0.39, 0.29) is 17.9 Å². The normalized spacial score (nSPS) is 23.6. The standard InChI is InChI=1S/C18H26N4O2/c1-11-6-13(4-5-17(11)24-3)9-19-10-15-7-14(8-16(15)23)18-20-12(2)21-22-18/h4-6,14-16,19,23H,7-10H2,1-3H3,(H,20,21,22)/t14?,15-,16-/m1/s1. The van der Waals surface area contributed by atoms with Crippen LogP contribution in [0.5, 0.6) is 5.75 Å². The Morgan fingerprint density at radius 2 is 2.17 bits per heavy atom. The number of rotatable bonds is 6. The summed E-state index contributed by atoms with van der Waals surface area (Å²) in [5.41, 5.74) is 2.36. The molecule has 1 fully saturated rings. The molecule has 0 radical (unpaired) electrons. The summed E-state index contributed by atoms with van der Waals surface area (Å²) in [5, 5.41) is 20.9. The van der Waals surface area contributed by atoms with Gasteiger partial charge in [-0.3, -0.25) is 5.10 Å². The number of nitrogens with zero attached hydrogens (tertiary/aromatic N) is 2. The zero-order valence-electron chi connectivity index (χ0n) is 14.5. The molecule has 1 aliphatic carbocycles. The minimum Gasteiger partial charge on any atom is -0.496 e. The van der Waals surface area contributed by atoms with Crippen molar-refractivity contribution in [3.8, 4) is 5.75 Å². The number of aryl methyl sites for hydroxylation is 2. The topological polar surface area (TPSA) is 83.1 Å². The van der Waals surface area contributed by atoms with Crippen LogP contribution in [0.25, 0.3) is 0 Å². The van der Waals surface area contributed by atoms with Crippen LogP contribution >= 0.6 is 0 Å². The molecule has 0 saturated heterocycles. The molecule has 24 heavy (non-hydrogen) atoms. The molecule has 1 saturated carbocycles. The molecular formula is C18H26N4O2. The molecule has 3 rings (SSSR count). The van der Waals surface area contributed by atoms with Crippen LogP contribution in [0.4, 0.5) is 0 Å². The first-order valence-electron chi connectivity index (χ1n) is 8.48. The van der Waals surface area contributed by atoms with E-state index in [1.165, 1.54) is 5.56 Å². The average molecular weight is 330 g/mol.